The average molecular weight is 399 g/mol. The third kappa shape index (κ3) is 3.67. The van der Waals surface area contributed by atoms with E-state index >= 15 is 0 Å². The van der Waals surface area contributed by atoms with Gasteiger partial charge in [-0.1, -0.05) is 57.3 Å². The van der Waals surface area contributed by atoms with Gasteiger partial charge in [0.1, 0.15) is 0 Å². The van der Waals surface area contributed by atoms with Crippen LogP contribution in [0.15, 0.2) is 52.3 Å². The molecule has 3 aromatic rings. The van der Waals surface area contributed by atoms with Gasteiger partial charge in [-0.3, -0.25) is 0 Å². The molecule has 5 heteroatoms. The number of nitrogens with zero attached hydrogens (tertiary/aromatic N) is 1. The van der Waals surface area contributed by atoms with Crippen LogP contribution >= 0.6 is 50.5 Å². The summed E-state index contributed by atoms with van der Waals surface area (Å²) in [6, 6.07) is 13.9. The van der Waals surface area contributed by atoms with Crippen LogP contribution in [0.2, 0.25) is 10.0 Å². The van der Waals surface area contributed by atoms with Gasteiger partial charge in [0, 0.05) is 21.8 Å². The summed E-state index contributed by atoms with van der Waals surface area (Å²) in [5.74, 6) is 0. The standard InChI is InChI=1S/C16H10BrCl2NS/c17-12-4-2-11(3-5-12)15-9-21-16(20-15)8-10-1-6-13(18)14(19)7-10/h1-7,9H,8H2. The smallest absolute Gasteiger partial charge is 0.0976 e. The molecule has 0 radical (unpaired) electrons. The Morgan fingerprint density at radius 2 is 1.76 bits per heavy atom. The van der Waals surface area contributed by atoms with Crippen LogP contribution in [-0.2, 0) is 6.42 Å². The van der Waals surface area contributed by atoms with Crippen molar-refractivity contribution in [2.24, 2.45) is 0 Å². The van der Waals surface area contributed by atoms with Gasteiger partial charge in [0.25, 0.3) is 0 Å². The maximum Gasteiger partial charge on any atom is 0.0976 e. The van der Waals surface area contributed by atoms with Crippen LogP contribution in [0.25, 0.3) is 11.3 Å². The normalized spacial score (nSPS) is 10.8. The molecule has 0 fully saturated rings. The summed E-state index contributed by atoms with van der Waals surface area (Å²) >= 11 is 17.1. The lowest BCUT2D eigenvalue weighted by molar-refractivity contribution is 1.14. The van der Waals surface area contributed by atoms with Gasteiger partial charge in [-0.15, -0.1) is 11.3 Å². The van der Waals surface area contributed by atoms with Crippen LogP contribution in [0, 0.1) is 0 Å². The molecule has 0 aliphatic rings. The summed E-state index contributed by atoms with van der Waals surface area (Å²) < 4.78 is 1.07. The van der Waals surface area contributed by atoms with Crippen LogP contribution < -0.4 is 0 Å². The van der Waals surface area contributed by atoms with Crippen molar-refractivity contribution in [2.75, 3.05) is 0 Å². The molecule has 0 atom stereocenters. The molecule has 0 spiro atoms. The summed E-state index contributed by atoms with van der Waals surface area (Å²) in [6.45, 7) is 0. The van der Waals surface area contributed by atoms with Gasteiger partial charge in [-0.05, 0) is 29.8 Å². The number of halogens is 3. The van der Waals surface area contributed by atoms with Crippen molar-refractivity contribution in [2.45, 2.75) is 6.42 Å². The first-order valence-electron chi connectivity index (χ1n) is 6.26. The Morgan fingerprint density at radius 3 is 2.48 bits per heavy atom. The molecule has 1 nitrogen and oxygen atoms in total. The number of hydrogen-bond acceptors (Lipinski definition) is 2. The Balaban J connectivity index is 1.81. The quantitative estimate of drug-likeness (QED) is 0.492. The van der Waals surface area contributed by atoms with Crippen LogP contribution in [-0.4, -0.2) is 4.98 Å². The summed E-state index contributed by atoms with van der Waals surface area (Å²) in [7, 11) is 0. The van der Waals surface area contributed by atoms with E-state index in [-0.39, 0.29) is 0 Å². The first-order valence-corrected chi connectivity index (χ1v) is 8.69. The van der Waals surface area contributed by atoms with Gasteiger partial charge in [0.05, 0.1) is 20.7 Å². The molecule has 3 rings (SSSR count). The molecule has 0 unspecified atom stereocenters. The number of thiazole rings is 1. The van der Waals surface area contributed by atoms with Crippen molar-refractivity contribution in [3.8, 4) is 11.3 Å². The minimum atomic E-state index is 0.579. The first-order chi connectivity index (χ1) is 10.1. The van der Waals surface area contributed by atoms with Gasteiger partial charge in [0.15, 0.2) is 0 Å². The molecule has 1 heterocycles. The van der Waals surface area contributed by atoms with E-state index in [0.717, 1.165) is 32.7 Å². The lowest BCUT2D eigenvalue weighted by Gasteiger charge is -2.01. The molecule has 0 saturated carbocycles. The Bertz CT molecular complexity index is 768. The number of aromatic nitrogens is 1. The molecule has 106 valence electrons. The first kappa shape index (κ1) is 15.0. The van der Waals surface area contributed by atoms with E-state index in [0.29, 0.717) is 10.0 Å². The van der Waals surface area contributed by atoms with Gasteiger partial charge in [-0.25, -0.2) is 4.98 Å². The topological polar surface area (TPSA) is 12.9 Å². The zero-order chi connectivity index (χ0) is 14.8. The number of rotatable bonds is 3. The molecular weight excluding hydrogens is 389 g/mol. The van der Waals surface area contributed by atoms with E-state index in [9.17, 15) is 0 Å². The van der Waals surface area contributed by atoms with Crippen LogP contribution in [0.5, 0.6) is 0 Å². The monoisotopic (exact) mass is 397 g/mol. The summed E-state index contributed by atoms with van der Waals surface area (Å²) in [4.78, 5) is 4.68. The fraction of sp³-hybridized carbons (Fsp3) is 0.0625. The van der Waals surface area contributed by atoms with E-state index in [2.05, 4.69) is 38.4 Å². The fourth-order valence-corrected chi connectivity index (χ4v) is 3.39. The van der Waals surface area contributed by atoms with E-state index in [1.54, 1.807) is 11.3 Å². The van der Waals surface area contributed by atoms with Gasteiger partial charge < -0.3 is 0 Å². The van der Waals surface area contributed by atoms with Crippen molar-refractivity contribution in [1.82, 2.24) is 4.98 Å². The summed E-state index contributed by atoms with van der Waals surface area (Å²) in [5.41, 5.74) is 3.23. The third-order valence-corrected chi connectivity index (χ3v) is 5.15. The maximum atomic E-state index is 6.04. The Labute approximate surface area is 145 Å². The molecule has 0 amide bonds. The van der Waals surface area contributed by atoms with E-state index in [4.69, 9.17) is 23.2 Å². The largest absolute Gasteiger partial charge is 0.241 e. The fourth-order valence-electron chi connectivity index (χ4n) is 1.97. The molecule has 2 aromatic carbocycles. The Kier molecular flexibility index (Phi) is 4.65. The molecule has 0 saturated heterocycles. The molecule has 0 N–H and O–H groups in total. The minimum absolute atomic E-state index is 0.579. The molecule has 0 bridgehead atoms. The SMILES string of the molecule is Clc1ccc(Cc2nc(-c3ccc(Br)cc3)cs2)cc1Cl. The summed E-state index contributed by atoms with van der Waals surface area (Å²) in [5, 5.41) is 4.30. The van der Waals surface area contributed by atoms with Crippen LogP contribution in [0.4, 0.5) is 0 Å². The molecule has 0 aliphatic heterocycles. The lowest BCUT2D eigenvalue weighted by Crippen LogP contribution is -1.88. The number of benzene rings is 2. The highest BCUT2D eigenvalue weighted by molar-refractivity contribution is 9.10. The minimum Gasteiger partial charge on any atom is -0.241 e. The van der Waals surface area contributed by atoms with E-state index < -0.39 is 0 Å². The second kappa shape index (κ2) is 6.49. The predicted molar refractivity (Wildman–Crippen MR) is 94.5 cm³/mol. The van der Waals surface area contributed by atoms with Crippen LogP contribution in [0.3, 0.4) is 0 Å². The number of hydrogen-bond donors (Lipinski definition) is 0. The van der Waals surface area contributed by atoms with Crippen molar-refractivity contribution in [3.05, 3.63) is 72.9 Å². The molecule has 21 heavy (non-hydrogen) atoms. The zero-order valence-electron chi connectivity index (χ0n) is 10.8. The van der Waals surface area contributed by atoms with Crippen molar-refractivity contribution < 1.29 is 0 Å². The predicted octanol–water partition coefficient (Wildman–Crippen LogP) is 6.47. The van der Waals surface area contributed by atoms with Gasteiger partial charge in [0.2, 0.25) is 0 Å². The van der Waals surface area contributed by atoms with Crippen molar-refractivity contribution >= 4 is 50.5 Å². The second-order valence-corrected chi connectivity index (χ2v) is 7.23. The van der Waals surface area contributed by atoms with Gasteiger partial charge in [-0.2, -0.15) is 0 Å². The second-order valence-electron chi connectivity index (χ2n) is 4.56. The Morgan fingerprint density at radius 1 is 1.00 bits per heavy atom. The van der Waals surface area contributed by atoms with Gasteiger partial charge >= 0.3 is 0 Å². The van der Waals surface area contributed by atoms with E-state index in [1.165, 1.54) is 0 Å². The third-order valence-electron chi connectivity index (χ3n) is 3.03. The van der Waals surface area contributed by atoms with E-state index in [1.807, 2.05) is 30.3 Å². The highest BCUT2D eigenvalue weighted by Gasteiger charge is 2.07. The zero-order valence-corrected chi connectivity index (χ0v) is 14.7. The lowest BCUT2D eigenvalue weighted by atomic mass is 10.1. The highest BCUT2D eigenvalue weighted by atomic mass is 79.9. The molecular formula is C16H10BrCl2NS. The molecule has 1 aromatic heterocycles. The average Bonchev–Trinajstić information content (AvgIpc) is 2.92. The van der Waals surface area contributed by atoms with Crippen molar-refractivity contribution in [3.63, 3.8) is 0 Å². The molecule has 0 aliphatic carbocycles. The highest BCUT2D eigenvalue weighted by Crippen LogP contribution is 2.27. The maximum absolute atomic E-state index is 6.04. The Hall–Kier alpha value is -0.870. The van der Waals surface area contributed by atoms with Crippen molar-refractivity contribution in [1.29, 1.82) is 0 Å². The van der Waals surface area contributed by atoms with Crippen LogP contribution in [0.1, 0.15) is 10.6 Å². The summed E-state index contributed by atoms with van der Waals surface area (Å²) in [6.07, 6.45) is 0.762.